The molecule has 0 bridgehead atoms. The fourth-order valence-electron chi connectivity index (χ4n) is 1.31. The molecule has 6 heteroatoms. The Kier molecular flexibility index (Phi) is 4.86. The maximum atomic E-state index is 11.1. The Morgan fingerprint density at radius 1 is 1.50 bits per heavy atom. The largest absolute Gasteiger partial charge is 0.480 e. The lowest BCUT2D eigenvalue weighted by atomic mass is 10.1. The van der Waals surface area contributed by atoms with Crippen molar-refractivity contribution in [2.24, 2.45) is 0 Å². The third-order valence-electron chi connectivity index (χ3n) is 2.04. The minimum absolute atomic E-state index is 0.00601. The van der Waals surface area contributed by atoms with Gasteiger partial charge in [0.15, 0.2) is 0 Å². The molecule has 1 heterocycles. The van der Waals surface area contributed by atoms with E-state index in [0.717, 1.165) is 6.08 Å². The van der Waals surface area contributed by atoms with E-state index in [0.29, 0.717) is 5.56 Å². The summed E-state index contributed by atoms with van der Waals surface area (Å²) in [5, 5.41) is 9.08. The molecule has 0 aliphatic heterocycles. The smallest absolute Gasteiger partial charge is 0.341 e. The summed E-state index contributed by atoms with van der Waals surface area (Å²) < 4.78 is 9.56. The summed E-state index contributed by atoms with van der Waals surface area (Å²) in [4.78, 5) is 26.0. The first-order chi connectivity index (χ1) is 8.60. The van der Waals surface area contributed by atoms with Gasteiger partial charge in [-0.05, 0) is 24.6 Å². The van der Waals surface area contributed by atoms with Crippen LogP contribution in [0, 0.1) is 0 Å². The van der Waals surface area contributed by atoms with Crippen molar-refractivity contribution in [3.05, 3.63) is 29.5 Å². The number of pyridine rings is 1. The molecule has 0 radical (unpaired) electrons. The number of aromatic nitrogens is 1. The zero-order valence-corrected chi connectivity index (χ0v) is 10.0. The number of carbonyl (C=O) groups excluding carboxylic acids is 1. The maximum Gasteiger partial charge on any atom is 0.341 e. The van der Waals surface area contributed by atoms with Gasteiger partial charge in [-0.25, -0.2) is 14.6 Å². The zero-order valence-electron chi connectivity index (χ0n) is 10.0. The minimum Gasteiger partial charge on any atom is -0.480 e. The highest BCUT2D eigenvalue weighted by Crippen LogP contribution is 2.20. The summed E-state index contributed by atoms with van der Waals surface area (Å²) in [5.74, 6) is -1.72. The highest BCUT2D eigenvalue weighted by molar-refractivity contribution is 5.96. The number of carbonyl (C=O) groups is 2. The molecular formula is C12H13NO5. The van der Waals surface area contributed by atoms with Crippen LogP contribution in [0.25, 0.3) is 6.08 Å². The van der Waals surface area contributed by atoms with Gasteiger partial charge in [-0.2, -0.15) is 0 Å². The summed E-state index contributed by atoms with van der Waals surface area (Å²) >= 11 is 0. The van der Waals surface area contributed by atoms with Crippen molar-refractivity contribution in [1.82, 2.24) is 4.98 Å². The van der Waals surface area contributed by atoms with Crippen LogP contribution in [0.2, 0.25) is 0 Å². The maximum absolute atomic E-state index is 11.1. The lowest BCUT2D eigenvalue weighted by Gasteiger charge is -2.06. The number of ether oxygens (including phenoxy) is 2. The van der Waals surface area contributed by atoms with Crippen molar-refractivity contribution in [3.63, 3.8) is 0 Å². The molecule has 0 amide bonds. The SMILES string of the molecule is CCOC(=O)C=Cc1ccnc(OC)c1C(=O)O. The minimum atomic E-state index is -1.18. The van der Waals surface area contributed by atoms with Crippen molar-refractivity contribution in [3.8, 4) is 5.88 Å². The topological polar surface area (TPSA) is 85.7 Å². The molecule has 0 unspecified atom stereocenters. The molecule has 0 saturated heterocycles. The van der Waals surface area contributed by atoms with Crippen LogP contribution < -0.4 is 4.74 Å². The summed E-state index contributed by atoms with van der Waals surface area (Å²) in [6.45, 7) is 1.94. The average molecular weight is 251 g/mol. The van der Waals surface area contributed by atoms with Gasteiger partial charge in [0.1, 0.15) is 5.56 Å². The van der Waals surface area contributed by atoms with Crippen molar-refractivity contribution >= 4 is 18.0 Å². The van der Waals surface area contributed by atoms with Crippen LogP contribution in [0.5, 0.6) is 5.88 Å². The van der Waals surface area contributed by atoms with Crippen molar-refractivity contribution in [2.45, 2.75) is 6.92 Å². The number of aromatic carboxylic acids is 1. The first-order valence-electron chi connectivity index (χ1n) is 5.21. The highest BCUT2D eigenvalue weighted by atomic mass is 16.5. The molecule has 0 atom stereocenters. The molecule has 6 nitrogen and oxygen atoms in total. The number of nitrogens with zero attached hydrogens (tertiary/aromatic N) is 1. The number of carboxylic acid groups (broad SMARTS) is 1. The number of carboxylic acids is 1. The van der Waals surface area contributed by atoms with E-state index in [1.54, 1.807) is 6.92 Å². The first kappa shape index (κ1) is 13.7. The Morgan fingerprint density at radius 3 is 2.78 bits per heavy atom. The van der Waals surface area contributed by atoms with Gasteiger partial charge in [-0.15, -0.1) is 0 Å². The van der Waals surface area contributed by atoms with Crippen molar-refractivity contribution in [2.75, 3.05) is 13.7 Å². The van der Waals surface area contributed by atoms with Crippen LogP contribution in [0.15, 0.2) is 18.3 Å². The number of hydrogen-bond donors (Lipinski definition) is 1. The van der Waals surface area contributed by atoms with E-state index in [4.69, 9.17) is 14.6 Å². The second-order valence-corrected chi connectivity index (χ2v) is 3.17. The fraction of sp³-hybridized carbons (Fsp3) is 0.250. The van der Waals surface area contributed by atoms with E-state index < -0.39 is 11.9 Å². The summed E-state index contributed by atoms with van der Waals surface area (Å²) in [6, 6.07) is 1.47. The third kappa shape index (κ3) is 3.31. The normalized spacial score (nSPS) is 10.3. The van der Waals surface area contributed by atoms with E-state index in [-0.39, 0.29) is 18.1 Å². The molecule has 1 aromatic rings. The second kappa shape index (κ2) is 6.39. The fourth-order valence-corrected chi connectivity index (χ4v) is 1.31. The van der Waals surface area contributed by atoms with Crippen LogP contribution in [0.1, 0.15) is 22.8 Å². The van der Waals surface area contributed by atoms with Gasteiger partial charge in [-0.3, -0.25) is 0 Å². The monoisotopic (exact) mass is 251 g/mol. The van der Waals surface area contributed by atoms with E-state index in [1.807, 2.05) is 0 Å². The van der Waals surface area contributed by atoms with Gasteiger partial charge >= 0.3 is 11.9 Å². The molecule has 1 N–H and O–H groups in total. The van der Waals surface area contributed by atoms with Gasteiger partial charge < -0.3 is 14.6 Å². The number of hydrogen-bond acceptors (Lipinski definition) is 5. The molecule has 0 aromatic carbocycles. The van der Waals surface area contributed by atoms with E-state index in [9.17, 15) is 9.59 Å². The van der Waals surface area contributed by atoms with Gasteiger partial charge in [-0.1, -0.05) is 0 Å². The summed E-state index contributed by atoms with van der Waals surface area (Å²) in [5.41, 5.74) is 0.225. The molecule has 1 aromatic heterocycles. The molecule has 0 aliphatic carbocycles. The third-order valence-corrected chi connectivity index (χ3v) is 2.04. The first-order valence-corrected chi connectivity index (χ1v) is 5.21. The Hall–Kier alpha value is -2.37. The predicted octanol–water partition coefficient (Wildman–Crippen LogP) is 1.36. The van der Waals surface area contributed by atoms with Crippen molar-refractivity contribution < 1.29 is 24.2 Å². The Morgan fingerprint density at radius 2 is 2.22 bits per heavy atom. The van der Waals surface area contributed by atoms with Gasteiger partial charge in [0, 0.05) is 12.3 Å². The van der Waals surface area contributed by atoms with Gasteiger partial charge in [0.25, 0.3) is 0 Å². The lowest BCUT2D eigenvalue weighted by Crippen LogP contribution is -2.05. The molecule has 0 spiro atoms. The second-order valence-electron chi connectivity index (χ2n) is 3.17. The number of methoxy groups -OCH3 is 1. The molecule has 96 valence electrons. The molecule has 0 aliphatic rings. The summed E-state index contributed by atoms with van der Waals surface area (Å²) in [7, 11) is 1.33. The van der Waals surface area contributed by atoms with Crippen LogP contribution in [-0.2, 0) is 9.53 Å². The standard InChI is InChI=1S/C12H13NO5/c1-3-18-9(14)5-4-8-6-7-13-11(17-2)10(8)12(15)16/h4-7H,3H2,1-2H3,(H,15,16). The van der Waals surface area contributed by atoms with Crippen molar-refractivity contribution in [1.29, 1.82) is 0 Å². The Labute approximate surface area is 104 Å². The van der Waals surface area contributed by atoms with Crippen LogP contribution in [0.4, 0.5) is 0 Å². The van der Waals surface area contributed by atoms with Crippen LogP contribution in [0.3, 0.4) is 0 Å². The molecule has 18 heavy (non-hydrogen) atoms. The molecule has 0 fully saturated rings. The Bertz CT molecular complexity index is 481. The average Bonchev–Trinajstić information content (AvgIpc) is 2.35. The molecular weight excluding hydrogens is 238 g/mol. The van der Waals surface area contributed by atoms with Crippen LogP contribution >= 0.6 is 0 Å². The van der Waals surface area contributed by atoms with E-state index in [1.165, 1.54) is 25.4 Å². The molecule has 0 saturated carbocycles. The number of esters is 1. The van der Waals surface area contributed by atoms with E-state index in [2.05, 4.69) is 4.98 Å². The highest BCUT2D eigenvalue weighted by Gasteiger charge is 2.16. The zero-order chi connectivity index (χ0) is 13.5. The van der Waals surface area contributed by atoms with Gasteiger partial charge in [0.05, 0.1) is 13.7 Å². The Balaban J connectivity index is 3.09. The van der Waals surface area contributed by atoms with Gasteiger partial charge in [0.2, 0.25) is 5.88 Å². The molecule has 1 rings (SSSR count). The quantitative estimate of drug-likeness (QED) is 0.628. The predicted molar refractivity (Wildman–Crippen MR) is 63.4 cm³/mol. The summed E-state index contributed by atoms with van der Waals surface area (Å²) in [6.07, 6.45) is 3.91. The lowest BCUT2D eigenvalue weighted by molar-refractivity contribution is -0.137. The number of rotatable bonds is 5. The van der Waals surface area contributed by atoms with E-state index >= 15 is 0 Å². The van der Waals surface area contributed by atoms with Crippen LogP contribution in [-0.4, -0.2) is 35.7 Å².